The molecule has 0 aliphatic carbocycles. The third kappa shape index (κ3) is 7.86. The molecule has 6 unspecified atom stereocenters. The number of aliphatic hydroxyl groups is 2. The number of carbonyl (C=O) groups is 2. The van der Waals surface area contributed by atoms with Crippen molar-refractivity contribution in [3.8, 4) is 5.75 Å². The predicted octanol–water partition coefficient (Wildman–Crippen LogP) is 3.02. The Morgan fingerprint density at radius 2 is 1.77 bits per heavy atom. The van der Waals surface area contributed by atoms with Gasteiger partial charge in [0, 0.05) is 11.6 Å². The van der Waals surface area contributed by atoms with Gasteiger partial charge in [0.2, 0.25) is 0 Å². The van der Waals surface area contributed by atoms with Crippen LogP contribution in [0.1, 0.15) is 51.7 Å². The van der Waals surface area contributed by atoms with Crippen LogP contribution in [0.5, 0.6) is 5.75 Å². The lowest BCUT2D eigenvalue weighted by Gasteiger charge is -2.29. The maximum absolute atomic E-state index is 12.2. The van der Waals surface area contributed by atoms with E-state index in [1.54, 1.807) is 32.2 Å². The van der Waals surface area contributed by atoms with Crippen LogP contribution in [0, 0.1) is 11.8 Å². The maximum Gasteiger partial charge on any atom is 0.309 e. The van der Waals surface area contributed by atoms with Gasteiger partial charge in [-0.25, -0.2) is 0 Å². The van der Waals surface area contributed by atoms with E-state index in [9.17, 15) is 30.0 Å². The van der Waals surface area contributed by atoms with Gasteiger partial charge in [-0.3, -0.25) is 9.59 Å². The third-order valence-corrected chi connectivity index (χ3v) is 5.86. The number of hydrogen-bond donors (Lipinski definition) is 4. The molecule has 0 aromatic heterocycles. The van der Waals surface area contributed by atoms with Gasteiger partial charge in [-0.1, -0.05) is 22.9 Å². The number of aliphatic carboxylic acids is 1. The monoisotopic (exact) mass is 490 g/mol. The van der Waals surface area contributed by atoms with E-state index >= 15 is 0 Å². The lowest BCUT2D eigenvalue weighted by atomic mass is 9.88. The fourth-order valence-corrected chi connectivity index (χ4v) is 3.65. The van der Waals surface area contributed by atoms with E-state index in [0.717, 1.165) is 10.0 Å². The van der Waals surface area contributed by atoms with Crippen LogP contribution in [0.4, 0.5) is 0 Å². The molecule has 1 aromatic carbocycles. The molecule has 0 radical (unpaired) electrons. The number of phenolic OH excluding ortho intramolecular Hbond substituents is 1. The highest BCUT2D eigenvalue weighted by Crippen LogP contribution is 2.34. The van der Waals surface area contributed by atoms with Crippen molar-refractivity contribution in [2.24, 2.45) is 11.8 Å². The minimum Gasteiger partial charge on any atom is -0.508 e. The second-order valence-corrected chi connectivity index (χ2v) is 8.43. The van der Waals surface area contributed by atoms with Crippen molar-refractivity contribution in [2.75, 3.05) is 7.11 Å². The van der Waals surface area contributed by atoms with E-state index in [2.05, 4.69) is 15.9 Å². The van der Waals surface area contributed by atoms with Crippen LogP contribution in [0.25, 0.3) is 0 Å². The number of carboxylic acids is 1. The van der Waals surface area contributed by atoms with Crippen molar-refractivity contribution in [1.29, 1.82) is 0 Å². The Hall–Kier alpha value is -1.68. The van der Waals surface area contributed by atoms with Crippen molar-refractivity contribution in [2.45, 2.75) is 64.4 Å². The molecule has 0 aliphatic rings. The van der Waals surface area contributed by atoms with Crippen LogP contribution < -0.4 is 0 Å². The number of halogens is 1. The van der Waals surface area contributed by atoms with Gasteiger partial charge in [-0.15, -0.1) is 0 Å². The van der Waals surface area contributed by atoms with E-state index in [-0.39, 0.29) is 17.8 Å². The number of rotatable bonds is 12. The molecule has 0 heterocycles. The van der Waals surface area contributed by atoms with Crippen molar-refractivity contribution in [3.63, 3.8) is 0 Å². The Morgan fingerprint density at radius 3 is 2.30 bits per heavy atom. The SMILES string of the molecule is COC(CCC(C)C(OC(=O)CC(O)C(C)O)C(C)C(=O)O)c1cc(O)ccc1Br. The molecule has 4 N–H and O–H groups in total. The van der Waals surface area contributed by atoms with E-state index in [1.165, 1.54) is 13.8 Å². The number of carbonyl (C=O) groups excluding carboxylic acids is 1. The van der Waals surface area contributed by atoms with Crippen LogP contribution in [0.2, 0.25) is 0 Å². The lowest BCUT2D eigenvalue weighted by Crippen LogP contribution is -2.37. The zero-order valence-electron chi connectivity index (χ0n) is 17.6. The fourth-order valence-electron chi connectivity index (χ4n) is 3.15. The van der Waals surface area contributed by atoms with Crippen molar-refractivity contribution < 1.29 is 39.5 Å². The first-order chi connectivity index (χ1) is 14.0. The zero-order chi connectivity index (χ0) is 23.0. The van der Waals surface area contributed by atoms with Gasteiger partial charge in [0.05, 0.1) is 30.7 Å². The Balaban J connectivity index is 2.88. The molecule has 30 heavy (non-hydrogen) atoms. The minimum absolute atomic E-state index is 0.103. The first kappa shape index (κ1) is 26.4. The Morgan fingerprint density at radius 1 is 1.13 bits per heavy atom. The average Bonchev–Trinajstić information content (AvgIpc) is 2.68. The van der Waals surface area contributed by atoms with Gasteiger partial charge in [0.25, 0.3) is 0 Å². The van der Waals surface area contributed by atoms with Crippen molar-refractivity contribution >= 4 is 27.9 Å². The normalized spacial score (nSPS) is 17.4. The highest BCUT2D eigenvalue weighted by Gasteiger charge is 2.33. The summed E-state index contributed by atoms with van der Waals surface area (Å²) < 4.78 is 11.7. The van der Waals surface area contributed by atoms with Crippen molar-refractivity contribution in [1.82, 2.24) is 0 Å². The Kier molecular flexibility index (Phi) is 10.8. The van der Waals surface area contributed by atoms with Gasteiger partial charge in [0.1, 0.15) is 11.9 Å². The molecule has 0 fully saturated rings. The quantitative estimate of drug-likeness (QED) is 0.328. The molecular weight excluding hydrogens is 460 g/mol. The number of hydrogen-bond acceptors (Lipinski definition) is 7. The summed E-state index contributed by atoms with van der Waals surface area (Å²) in [6.45, 7) is 4.59. The number of aromatic hydroxyl groups is 1. The number of carboxylic acid groups (broad SMARTS) is 1. The first-order valence-corrected chi connectivity index (χ1v) is 10.6. The smallest absolute Gasteiger partial charge is 0.309 e. The standard InChI is InChI=1S/C21H31BrO8/c1-11(5-8-18(29-4)15-9-14(24)6-7-16(15)22)20(12(2)21(27)28)30-19(26)10-17(25)13(3)23/h6-7,9,11-13,17-18,20,23-25H,5,8,10H2,1-4H3,(H,27,28). The zero-order valence-corrected chi connectivity index (χ0v) is 19.2. The van der Waals surface area contributed by atoms with Crippen LogP contribution in [-0.2, 0) is 19.1 Å². The largest absolute Gasteiger partial charge is 0.508 e. The van der Waals surface area contributed by atoms with E-state index in [0.29, 0.717) is 12.8 Å². The van der Waals surface area contributed by atoms with Gasteiger partial charge < -0.3 is 29.9 Å². The number of methoxy groups -OCH3 is 1. The number of phenols is 1. The summed E-state index contributed by atoms with van der Waals surface area (Å²) in [5.74, 6) is -3.05. The van der Waals surface area contributed by atoms with Gasteiger partial charge in [-0.05, 0) is 56.4 Å². The first-order valence-electron chi connectivity index (χ1n) is 9.77. The number of benzene rings is 1. The fraction of sp³-hybridized carbons (Fsp3) is 0.619. The molecule has 1 aromatic rings. The molecule has 1 rings (SSSR count). The molecule has 0 amide bonds. The lowest BCUT2D eigenvalue weighted by molar-refractivity contribution is -0.164. The van der Waals surface area contributed by atoms with Gasteiger partial charge in [-0.2, -0.15) is 0 Å². The van der Waals surface area contributed by atoms with Crippen LogP contribution in [0.15, 0.2) is 22.7 Å². The summed E-state index contributed by atoms with van der Waals surface area (Å²) in [4.78, 5) is 23.7. The van der Waals surface area contributed by atoms with Crippen LogP contribution in [0.3, 0.4) is 0 Å². The topological polar surface area (TPSA) is 134 Å². The molecular formula is C21H31BrO8. The Labute approximate surface area is 185 Å². The Bertz CT molecular complexity index is 708. The van der Waals surface area contributed by atoms with E-state index in [4.69, 9.17) is 9.47 Å². The summed E-state index contributed by atoms with van der Waals surface area (Å²) in [5.41, 5.74) is 0.754. The van der Waals surface area contributed by atoms with E-state index < -0.39 is 42.6 Å². The molecule has 0 saturated heterocycles. The van der Waals surface area contributed by atoms with Crippen molar-refractivity contribution in [3.05, 3.63) is 28.2 Å². The van der Waals surface area contributed by atoms with E-state index in [1.807, 2.05) is 0 Å². The highest BCUT2D eigenvalue weighted by molar-refractivity contribution is 9.10. The summed E-state index contributed by atoms with van der Waals surface area (Å²) in [7, 11) is 1.54. The number of aliphatic hydroxyl groups excluding tert-OH is 2. The second kappa shape index (κ2) is 12.2. The molecule has 0 aliphatic heterocycles. The molecule has 8 nitrogen and oxygen atoms in total. The summed E-state index contributed by atoms with van der Waals surface area (Å²) >= 11 is 3.44. The number of esters is 1. The maximum atomic E-state index is 12.2. The minimum atomic E-state index is -1.28. The molecule has 0 bridgehead atoms. The number of ether oxygens (including phenoxy) is 2. The molecule has 9 heteroatoms. The van der Waals surface area contributed by atoms with Gasteiger partial charge in [0.15, 0.2) is 0 Å². The predicted molar refractivity (Wildman–Crippen MR) is 113 cm³/mol. The molecule has 0 spiro atoms. The van der Waals surface area contributed by atoms with Gasteiger partial charge >= 0.3 is 11.9 Å². The summed E-state index contributed by atoms with van der Waals surface area (Å²) in [6, 6.07) is 4.86. The average molecular weight is 491 g/mol. The summed E-state index contributed by atoms with van der Waals surface area (Å²) in [5, 5.41) is 38.2. The van der Waals surface area contributed by atoms with Crippen LogP contribution in [-0.4, -0.2) is 57.8 Å². The highest BCUT2D eigenvalue weighted by atomic mass is 79.9. The molecule has 170 valence electrons. The third-order valence-electron chi connectivity index (χ3n) is 5.14. The molecule has 0 saturated carbocycles. The second-order valence-electron chi connectivity index (χ2n) is 7.58. The molecule has 6 atom stereocenters. The van der Waals surface area contributed by atoms with Crippen LogP contribution >= 0.6 is 15.9 Å². The summed E-state index contributed by atoms with van der Waals surface area (Å²) in [6.07, 6.45) is -3.11.